The average Bonchev–Trinajstić information content (AvgIpc) is 2.23. The smallest absolute Gasteiger partial charge is 0.195 e. The second-order valence-electron chi connectivity index (χ2n) is 5.01. The van der Waals surface area contributed by atoms with Gasteiger partial charge in [-0.3, -0.25) is 4.98 Å². The number of fused-ring (bicyclic) bond motifs is 1. The lowest BCUT2D eigenvalue weighted by Crippen LogP contribution is -2.34. The number of rotatable bonds is 2. The maximum atomic E-state index is 13.8. The van der Waals surface area contributed by atoms with Gasteiger partial charge in [0, 0.05) is 23.5 Å². The molecule has 0 spiro atoms. The number of hydrogen-bond donors (Lipinski definition) is 1. The number of halogens is 3. The van der Waals surface area contributed by atoms with Gasteiger partial charge in [0.1, 0.15) is 0 Å². The maximum absolute atomic E-state index is 13.8. The molecule has 2 rings (SSSR count). The highest BCUT2D eigenvalue weighted by Crippen LogP contribution is 2.26. The highest BCUT2D eigenvalue weighted by Gasteiger charge is 2.20. The van der Waals surface area contributed by atoms with Crippen LogP contribution < -0.4 is 5.73 Å². The molecule has 0 bridgehead atoms. The second-order valence-corrected chi connectivity index (χ2v) is 5.01. The lowest BCUT2D eigenvalue weighted by atomic mass is 9.96. The van der Waals surface area contributed by atoms with Crippen molar-refractivity contribution < 1.29 is 13.2 Å². The van der Waals surface area contributed by atoms with Crippen molar-refractivity contribution in [2.24, 2.45) is 5.73 Å². The van der Waals surface area contributed by atoms with Gasteiger partial charge in [-0.2, -0.15) is 0 Å². The van der Waals surface area contributed by atoms with E-state index in [4.69, 9.17) is 5.73 Å². The Balaban J connectivity index is 2.72. The Labute approximate surface area is 103 Å². The Morgan fingerprint density at radius 3 is 2.50 bits per heavy atom. The molecular weight excluding hydrogens is 241 g/mol. The Kier molecular flexibility index (Phi) is 3.02. The van der Waals surface area contributed by atoms with Gasteiger partial charge >= 0.3 is 0 Å². The Morgan fingerprint density at radius 2 is 1.89 bits per heavy atom. The molecular formula is C13H13F3N2. The van der Waals surface area contributed by atoms with E-state index < -0.39 is 23.0 Å². The molecule has 0 fully saturated rings. The molecule has 5 heteroatoms. The predicted molar refractivity (Wildman–Crippen MR) is 63.6 cm³/mol. The van der Waals surface area contributed by atoms with Crippen LogP contribution in [-0.2, 0) is 6.42 Å². The number of benzene rings is 1. The van der Waals surface area contributed by atoms with E-state index in [2.05, 4.69) is 4.98 Å². The van der Waals surface area contributed by atoms with E-state index in [9.17, 15) is 13.2 Å². The number of nitrogens with two attached hydrogens (primary N) is 1. The van der Waals surface area contributed by atoms with E-state index in [-0.39, 0.29) is 17.2 Å². The van der Waals surface area contributed by atoms with Gasteiger partial charge < -0.3 is 5.73 Å². The third-order valence-corrected chi connectivity index (χ3v) is 2.59. The minimum Gasteiger partial charge on any atom is -0.325 e. The number of pyridine rings is 1. The number of aromatic nitrogens is 1. The quantitative estimate of drug-likeness (QED) is 0.837. The number of hydrogen-bond acceptors (Lipinski definition) is 2. The van der Waals surface area contributed by atoms with Gasteiger partial charge in [0.05, 0.1) is 5.69 Å². The van der Waals surface area contributed by atoms with Crippen molar-refractivity contribution in [3.05, 3.63) is 41.5 Å². The van der Waals surface area contributed by atoms with Crippen LogP contribution in [0.25, 0.3) is 10.8 Å². The summed E-state index contributed by atoms with van der Waals surface area (Å²) in [7, 11) is 0. The zero-order valence-electron chi connectivity index (χ0n) is 10.1. The molecule has 0 radical (unpaired) electrons. The van der Waals surface area contributed by atoms with Crippen LogP contribution >= 0.6 is 0 Å². The lowest BCUT2D eigenvalue weighted by Gasteiger charge is -2.19. The maximum Gasteiger partial charge on any atom is 0.195 e. The summed E-state index contributed by atoms with van der Waals surface area (Å²) in [5.74, 6) is -3.90. The molecule has 0 amide bonds. The van der Waals surface area contributed by atoms with Crippen molar-refractivity contribution in [3.8, 4) is 0 Å². The zero-order chi connectivity index (χ0) is 13.5. The third-order valence-electron chi connectivity index (χ3n) is 2.59. The van der Waals surface area contributed by atoms with Gasteiger partial charge in [-0.05, 0) is 31.4 Å². The van der Waals surface area contributed by atoms with Gasteiger partial charge in [0.15, 0.2) is 17.5 Å². The van der Waals surface area contributed by atoms with Crippen LogP contribution in [-0.4, -0.2) is 10.5 Å². The van der Waals surface area contributed by atoms with Crippen LogP contribution in [0.1, 0.15) is 19.5 Å². The van der Waals surface area contributed by atoms with Crippen LogP contribution in [0, 0.1) is 17.5 Å². The van der Waals surface area contributed by atoms with E-state index >= 15 is 0 Å². The summed E-state index contributed by atoms with van der Waals surface area (Å²) in [6.45, 7) is 3.51. The minimum atomic E-state index is -1.48. The molecule has 1 aromatic heterocycles. The fourth-order valence-corrected chi connectivity index (χ4v) is 1.88. The molecule has 0 aliphatic rings. The van der Waals surface area contributed by atoms with E-state index in [0.29, 0.717) is 5.69 Å². The SMILES string of the molecule is CC(C)(N)Cc1nccc2cc(F)c(F)c(F)c12. The monoisotopic (exact) mass is 254 g/mol. The van der Waals surface area contributed by atoms with Gasteiger partial charge in [-0.25, -0.2) is 13.2 Å². The fraction of sp³-hybridized carbons (Fsp3) is 0.308. The normalized spacial score (nSPS) is 12.1. The third kappa shape index (κ3) is 2.31. The van der Waals surface area contributed by atoms with Crippen molar-refractivity contribution >= 4 is 10.8 Å². The van der Waals surface area contributed by atoms with Crippen molar-refractivity contribution in [2.45, 2.75) is 25.8 Å². The molecule has 96 valence electrons. The van der Waals surface area contributed by atoms with Crippen molar-refractivity contribution in [2.75, 3.05) is 0 Å². The molecule has 0 saturated carbocycles. The molecule has 0 unspecified atom stereocenters. The molecule has 2 aromatic rings. The largest absolute Gasteiger partial charge is 0.325 e. The first-order valence-corrected chi connectivity index (χ1v) is 5.49. The van der Waals surface area contributed by atoms with Crippen LogP contribution in [0.2, 0.25) is 0 Å². The van der Waals surface area contributed by atoms with Gasteiger partial charge in [0.2, 0.25) is 0 Å². The number of nitrogens with zero attached hydrogens (tertiary/aromatic N) is 1. The van der Waals surface area contributed by atoms with Gasteiger partial charge in [-0.1, -0.05) is 0 Å². The summed E-state index contributed by atoms with van der Waals surface area (Å²) in [5, 5.41) is 0.274. The van der Waals surface area contributed by atoms with Crippen LogP contribution in [0.5, 0.6) is 0 Å². The summed E-state index contributed by atoms with van der Waals surface area (Å²) < 4.78 is 40.2. The first-order chi connectivity index (χ1) is 8.29. The molecule has 2 N–H and O–H groups in total. The summed E-state index contributed by atoms with van der Waals surface area (Å²) in [4.78, 5) is 4.01. The molecule has 0 aliphatic heterocycles. The molecule has 0 saturated heterocycles. The Hall–Kier alpha value is -1.62. The van der Waals surface area contributed by atoms with Gasteiger partial charge in [0.25, 0.3) is 0 Å². The van der Waals surface area contributed by atoms with Crippen molar-refractivity contribution in [1.29, 1.82) is 0 Å². The van der Waals surface area contributed by atoms with Crippen molar-refractivity contribution in [3.63, 3.8) is 0 Å². The van der Waals surface area contributed by atoms with E-state index in [1.54, 1.807) is 13.8 Å². The molecule has 18 heavy (non-hydrogen) atoms. The van der Waals surface area contributed by atoms with Crippen LogP contribution in [0.4, 0.5) is 13.2 Å². The minimum absolute atomic E-state index is 0.00470. The highest BCUT2D eigenvalue weighted by atomic mass is 19.2. The summed E-state index contributed by atoms with van der Waals surface area (Å²) in [5.41, 5.74) is 5.56. The predicted octanol–water partition coefficient (Wildman–Crippen LogP) is 2.93. The molecule has 0 atom stereocenters. The zero-order valence-corrected chi connectivity index (χ0v) is 10.1. The fourth-order valence-electron chi connectivity index (χ4n) is 1.88. The summed E-state index contributed by atoms with van der Waals surface area (Å²) in [6, 6.07) is 2.40. The van der Waals surface area contributed by atoms with Gasteiger partial charge in [-0.15, -0.1) is 0 Å². The first-order valence-electron chi connectivity index (χ1n) is 5.49. The molecule has 0 aliphatic carbocycles. The van der Waals surface area contributed by atoms with Crippen LogP contribution in [0.3, 0.4) is 0 Å². The van der Waals surface area contributed by atoms with E-state index in [1.165, 1.54) is 12.3 Å². The molecule has 1 heterocycles. The van der Waals surface area contributed by atoms with Crippen molar-refractivity contribution in [1.82, 2.24) is 4.98 Å². The summed E-state index contributed by atoms with van der Waals surface area (Å²) in [6.07, 6.45) is 1.70. The highest BCUT2D eigenvalue weighted by molar-refractivity contribution is 5.85. The standard InChI is InChI=1S/C13H13F3N2/c1-13(2,17)6-9-10-7(3-4-18-9)5-8(14)11(15)12(10)16/h3-5H,6,17H2,1-2H3. The lowest BCUT2D eigenvalue weighted by molar-refractivity contribution is 0.452. The average molecular weight is 254 g/mol. The van der Waals surface area contributed by atoms with Crippen LogP contribution in [0.15, 0.2) is 18.3 Å². The molecule has 1 aromatic carbocycles. The molecule has 2 nitrogen and oxygen atoms in total. The topological polar surface area (TPSA) is 38.9 Å². The second kappa shape index (κ2) is 4.24. The summed E-state index contributed by atoms with van der Waals surface area (Å²) >= 11 is 0. The first kappa shape index (κ1) is 12.8. The Bertz CT molecular complexity index is 603. The Morgan fingerprint density at radius 1 is 1.22 bits per heavy atom. The van der Waals surface area contributed by atoms with E-state index in [0.717, 1.165) is 6.07 Å². The van der Waals surface area contributed by atoms with E-state index in [1.807, 2.05) is 0 Å².